The predicted molar refractivity (Wildman–Crippen MR) is 114 cm³/mol. The summed E-state index contributed by atoms with van der Waals surface area (Å²) in [4.78, 5) is 18.6. The van der Waals surface area contributed by atoms with Gasteiger partial charge in [-0.3, -0.25) is 4.90 Å². The number of nitrogens with one attached hydrogen (secondary N) is 1. The number of H-pyrrole nitrogens is 1. The Kier molecular flexibility index (Phi) is 6.76. The number of aromatic amines is 1. The van der Waals surface area contributed by atoms with E-state index in [1.54, 1.807) is 12.3 Å². The van der Waals surface area contributed by atoms with Gasteiger partial charge in [0.15, 0.2) is 5.82 Å². The number of alkyl halides is 3. The highest BCUT2D eigenvalue weighted by molar-refractivity contribution is 5.82. The van der Waals surface area contributed by atoms with E-state index in [2.05, 4.69) is 39.1 Å². The van der Waals surface area contributed by atoms with E-state index >= 15 is 0 Å². The molecule has 1 spiro atoms. The second-order valence-electron chi connectivity index (χ2n) is 8.36. The molecule has 3 aromatic rings. The lowest BCUT2D eigenvalue weighted by Crippen LogP contribution is -2.65. The zero-order valence-electron chi connectivity index (χ0n) is 18.0. The second-order valence-corrected chi connectivity index (χ2v) is 8.36. The number of carboxylic acid groups (broad SMARTS) is 1. The lowest BCUT2D eigenvalue weighted by atomic mass is 9.84. The normalized spacial score (nSPS) is 19.8. The van der Waals surface area contributed by atoms with Crippen LogP contribution in [0.1, 0.15) is 18.4 Å². The summed E-state index contributed by atoms with van der Waals surface area (Å²) in [6.07, 6.45) is -0.0678. The van der Waals surface area contributed by atoms with E-state index in [9.17, 15) is 17.6 Å². The molecule has 2 saturated heterocycles. The van der Waals surface area contributed by atoms with Gasteiger partial charge in [0.2, 0.25) is 0 Å². The molecular formula is C23H23F4N3O4. The number of aromatic nitrogens is 2. The Bertz CT molecular complexity index is 1140. The number of aliphatic carboxylic acids is 1. The molecule has 2 aliphatic rings. The smallest absolute Gasteiger partial charge is 0.475 e. The molecule has 0 saturated carbocycles. The van der Waals surface area contributed by atoms with E-state index in [0.29, 0.717) is 6.61 Å². The van der Waals surface area contributed by atoms with Crippen LogP contribution in [0.4, 0.5) is 17.6 Å². The van der Waals surface area contributed by atoms with E-state index in [1.165, 1.54) is 22.5 Å². The molecule has 182 valence electrons. The number of halogens is 4. The highest BCUT2D eigenvalue weighted by atomic mass is 19.4. The molecule has 2 N–H and O–H groups in total. The van der Waals surface area contributed by atoms with Gasteiger partial charge in [0.1, 0.15) is 6.10 Å². The maximum Gasteiger partial charge on any atom is 0.490 e. The van der Waals surface area contributed by atoms with Crippen molar-refractivity contribution in [2.24, 2.45) is 0 Å². The summed E-state index contributed by atoms with van der Waals surface area (Å²) in [6.45, 7) is 3.29. The standard InChI is InChI=1S/C21H22FN3O2.C2HF3O2/c22-18-4-2-8-24-20(18)27-16-7-10-26-21(11-16)13-25(14-21)12-15-3-1-5-19-17(15)6-9-23-19;3-2(4,5)1(6)7/h1-6,8-9,16,23H,7,10-14H2;(H,6,7). The fourth-order valence-corrected chi connectivity index (χ4v) is 4.33. The molecule has 1 aromatic carbocycles. The number of carboxylic acids is 1. The second kappa shape index (κ2) is 9.59. The summed E-state index contributed by atoms with van der Waals surface area (Å²) < 4.78 is 57.5. The Hall–Kier alpha value is -3.18. The molecule has 7 nitrogen and oxygen atoms in total. The highest BCUT2D eigenvalue weighted by Gasteiger charge is 2.48. The third kappa shape index (κ3) is 5.48. The Balaban J connectivity index is 0.000000344. The summed E-state index contributed by atoms with van der Waals surface area (Å²) in [6, 6.07) is 11.4. The van der Waals surface area contributed by atoms with Crippen LogP contribution in [-0.4, -0.2) is 63.5 Å². The highest BCUT2D eigenvalue weighted by Crippen LogP contribution is 2.37. The van der Waals surface area contributed by atoms with E-state index < -0.39 is 18.0 Å². The SMILES string of the molecule is Fc1cccnc1OC1CCOC2(C1)CN(Cc1cccc3[nH]ccc13)C2.O=C(O)C(F)(F)F. The number of fused-ring (bicyclic) bond motifs is 1. The summed E-state index contributed by atoms with van der Waals surface area (Å²) in [5.74, 6) is -3.07. The molecule has 5 rings (SSSR count). The van der Waals surface area contributed by atoms with E-state index in [-0.39, 0.29) is 17.6 Å². The largest absolute Gasteiger partial charge is 0.490 e. The first-order valence-corrected chi connectivity index (χ1v) is 10.6. The van der Waals surface area contributed by atoms with E-state index in [1.807, 2.05) is 6.20 Å². The maximum absolute atomic E-state index is 13.8. The lowest BCUT2D eigenvalue weighted by molar-refractivity contribution is -0.192. The quantitative estimate of drug-likeness (QED) is 0.545. The van der Waals surface area contributed by atoms with Gasteiger partial charge in [-0.05, 0) is 29.8 Å². The van der Waals surface area contributed by atoms with Crippen molar-refractivity contribution in [3.8, 4) is 5.88 Å². The number of hydrogen-bond donors (Lipinski definition) is 2. The van der Waals surface area contributed by atoms with Crippen LogP contribution in [0.5, 0.6) is 5.88 Å². The van der Waals surface area contributed by atoms with Crippen molar-refractivity contribution in [1.29, 1.82) is 0 Å². The van der Waals surface area contributed by atoms with Crippen molar-refractivity contribution in [3.05, 3.63) is 60.2 Å². The molecular weight excluding hydrogens is 458 g/mol. The van der Waals surface area contributed by atoms with Crippen LogP contribution >= 0.6 is 0 Å². The van der Waals surface area contributed by atoms with Crippen molar-refractivity contribution < 1.29 is 36.9 Å². The molecule has 2 aliphatic heterocycles. The van der Waals surface area contributed by atoms with Crippen molar-refractivity contribution in [1.82, 2.24) is 14.9 Å². The van der Waals surface area contributed by atoms with Gasteiger partial charge in [-0.2, -0.15) is 13.2 Å². The Morgan fingerprint density at radius 2 is 2.03 bits per heavy atom. The van der Waals surface area contributed by atoms with Gasteiger partial charge in [0.25, 0.3) is 5.88 Å². The zero-order valence-corrected chi connectivity index (χ0v) is 18.0. The maximum atomic E-state index is 13.8. The minimum atomic E-state index is -5.08. The first-order chi connectivity index (χ1) is 16.2. The van der Waals surface area contributed by atoms with Gasteiger partial charge in [-0.15, -0.1) is 0 Å². The predicted octanol–water partition coefficient (Wildman–Crippen LogP) is 4.15. The minimum Gasteiger partial charge on any atom is -0.475 e. The molecule has 2 aromatic heterocycles. The van der Waals surface area contributed by atoms with E-state index in [0.717, 1.165) is 32.5 Å². The Morgan fingerprint density at radius 3 is 2.74 bits per heavy atom. The zero-order chi connectivity index (χ0) is 24.3. The van der Waals surface area contributed by atoms with Gasteiger partial charge < -0.3 is 19.6 Å². The number of carbonyl (C=O) groups is 1. The van der Waals surface area contributed by atoms with Gasteiger partial charge in [-0.1, -0.05) is 12.1 Å². The van der Waals surface area contributed by atoms with Crippen LogP contribution < -0.4 is 4.74 Å². The molecule has 0 amide bonds. The monoisotopic (exact) mass is 481 g/mol. The number of likely N-dealkylation sites (tertiary alicyclic amines) is 1. The van der Waals surface area contributed by atoms with Gasteiger partial charge in [0, 0.05) is 55.8 Å². The summed E-state index contributed by atoms with van der Waals surface area (Å²) in [5, 5.41) is 8.40. The van der Waals surface area contributed by atoms with Crippen molar-refractivity contribution in [2.45, 2.75) is 37.3 Å². The summed E-state index contributed by atoms with van der Waals surface area (Å²) >= 11 is 0. The number of ether oxygens (including phenoxy) is 2. The number of benzene rings is 1. The molecule has 1 atom stereocenters. The summed E-state index contributed by atoms with van der Waals surface area (Å²) in [7, 11) is 0. The van der Waals surface area contributed by atoms with Crippen LogP contribution in [0, 0.1) is 5.82 Å². The van der Waals surface area contributed by atoms with Crippen LogP contribution in [0.2, 0.25) is 0 Å². The molecule has 2 fully saturated rings. The topological polar surface area (TPSA) is 87.7 Å². The van der Waals surface area contributed by atoms with Crippen molar-refractivity contribution in [2.75, 3.05) is 19.7 Å². The Labute approximate surface area is 192 Å². The molecule has 34 heavy (non-hydrogen) atoms. The van der Waals surface area contributed by atoms with E-state index in [4.69, 9.17) is 19.4 Å². The van der Waals surface area contributed by atoms with Crippen LogP contribution in [-0.2, 0) is 16.1 Å². The first-order valence-electron chi connectivity index (χ1n) is 10.6. The minimum absolute atomic E-state index is 0.0570. The first kappa shape index (κ1) is 24.0. The number of pyridine rings is 1. The molecule has 0 bridgehead atoms. The lowest BCUT2D eigenvalue weighted by Gasteiger charge is -2.53. The van der Waals surface area contributed by atoms with Crippen molar-refractivity contribution in [3.63, 3.8) is 0 Å². The molecule has 0 aliphatic carbocycles. The fourth-order valence-electron chi connectivity index (χ4n) is 4.33. The van der Waals surface area contributed by atoms with Crippen LogP contribution in [0.3, 0.4) is 0 Å². The average Bonchev–Trinajstić information content (AvgIpc) is 3.24. The third-order valence-corrected chi connectivity index (χ3v) is 5.80. The Morgan fingerprint density at radius 1 is 1.26 bits per heavy atom. The van der Waals surface area contributed by atoms with Crippen LogP contribution in [0.25, 0.3) is 10.9 Å². The number of nitrogens with zero attached hydrogens (tertiary/aromatic N) is 2. The molecule has 1 unspecified atom stereocenters. The molecule has 0 radical (unpaired) electrons. The number of rotatable bonds is 4. The van der Waals surface area contributed by atoms with Gasteiger partial charge >= 0.3 is 12.1 Å². The summed E-state index contributed by atoms with van der Waals surface area (Å²) in [5.41, 5.74) is 2.31. The molecule has 11 heteroatoms. The third-order valence-electron chi connectivity index (χ3n) is 5.80. The average molecular weight is 481 g/mol. The molecule has 4 heterocycles. The van der Waals surface area contributed by atoms with Gasteiger partial charge in [-0.25, -0.2) is 14.2 Å². The number of hydrogen-bond acceptors (Lipinski definition) is 5. The van der Waals surface area contributed by atoms with Gasteiger partial charge in [0.05, 0.1) is 12.2 Å². The van der Waals surface area contributed by atoms with Crippen LogP contribution in [0.15, 0.2) is 48.8 Å². The fraction of sp³-hybridized carbons (Fsp3) is 0.391. The van der Waals surface area contributed by atoms with Crippen molar-refractivity contribution >= 4 is 16.9 Å².